The number of carboxylic acids is 1. The van der Waals surface area contributed by atoms with E-state index < -0.39 is 11.5 Å². The third kappa shape index (κ3) is 2.72. The van der Waals surface area contributed by atoms with E-state index in [2.05, 4.69) is 0 Å². The van der Waals surface area contributed by atoms with Crippen LogP contribution in [0.4, 0.5) is 0 Å². The summed E-state index contributed by atoms with van der Waals surface area (Å²) >= 11 is 5.70. The first kappa shape index (κ1) is 11.0. The topological polar surface area (TPSA) is 63.3 Å². The Morgan fingerprint density at radius 3 is 2.43 bits per heavy atom. The number of hydrogen-bond acceptors (Lipinski definition) is 2. The van der Waals surface area contributed by atoms with Crippen LogP contribution in [0.3, 0.4) is 0 Å². The normalized spacial score (nSPS) is 14.8. The molecule has 0 heterocycles. The molecule has 0 amide bonds. The van der Waals surface area contributed by atoms with E-state index in [1.54, 1.807) is 24.3 Å². The quantitative estimate of drug-likeness (QED) is 0.803. The molecule has 3 N–H and O–H groups in total. The van der Waals surface area contributed by atoms with Gasteiger partial charge in [-0.2, -0.15) is 0 Å². The third-order valence-electron chi connectivity index (χ3n) is 1.97. The summed E-state index contributed by atoms with van der Waals surface area (Å²) in [4.78, 5) is 10.7. The van der Waals surface area contributed by atoms with E-state index >= 15 is 0 Å². The number of rotatable bonds is 3. The largest absolute Gasteiger partial charge is 0.480 e. The van der Waals surface area contributed by atoms with Crippen molar-refractivity contribution < 1.29 is 9.90 Å². The SMILES string of the molecule is CC(N)(Cc1ccc(Cl)cc1)C(=O)O. The van der Waals surface area contributed by atoms with Crippen molar-refractivity contribution in [2.24, 2.45) is 5.73 Å². The van der Waals surface area contributed by atoms with Gasteiger partial charge in [0.25, 0.3) is 0 Å². The molecule has 1 atom stereocenters. The number of carbonyl (C=O) groups is 1. The van der Waals surface area contributed by atoms with Crippen LogP contribution in [0.25, 0.3) is 0 Å². The fraction of sp³-hybridized carbons (Fsp3) is 0.300. The summed E-state index contributed by atoms with van der Waals surface area (Å²) in [6.07, 6.45) is 0.291. The number of aliphatic carboxylic acids is 1. The third-order valence-corrected chi connectivity index (χ3v) is 2.23. The van der Waals surface area contributed by atoms with Crippen molar-refractivity contribution in [2.45, 2.75) is 18.9 Å². The van der Waals surface area contributed by atoms with E-state index in [9.17, 15) is 4.79 Å². The molecule has 0 bridgehead atoms. The van der Waals surface area contributed by atoms with Crippen molar-refractivity contribution in [1.82, 2.24) is 0 Å². The van der Waals surface area contributed by atoms with Crippen LogP contribution < -0.4 is 5.73 Å². The molecule has 0 aliphatic rings. The summed E-state index contributed by atoms with van der Waals surface area (Å²) in [6, 6.07) is 6.98. The van der Waals surface area contributed by atoms with Crippen molar-refractivity contribution in [3.05, 3.63) is 34.9 Å². The van der Waals surface area contributed by atoms with E-state index in [0.29, 0.717) is 11.4 Å². The molecule has 4 heteroatoms. The van der Waals surface area contributed by atoms with Gasteiger partial charge in [0, 0.05) is 11.4 Å². The second-order valence-electron chi connectivity index (χ2n) is 3.53. The number of halogens is 1. The summed E-state index contributed by atoms with van der Waals surface area (Å²) < 4.78 is 0. The molecule has 0 spiro atoms. The molecule has 1 aromatic rings. The first-order valence-corrected chi connectivity index (χ1v) is 4.56. The fourth-order valence-corrected chi connectivity index (χ4v) is 1.23. The van der Waals surface area contributed by atoms with Crippen LogP contribution in [0.15, 0.2) is 24.3 Å². The summed E-state index contributed by atoms with van der Waals surface area (Å²) in [5.41, 5.74) is 5.23. The van der Waals surface area contributed by atoms with Gasteiger partial charge in [0.15, 0.2) is 0 Å². The van der Waals surface area contributed by atoms with E-state index in [0.717, 1.165) is 5.56 Å². The van der Waals surface area contributed by atoms with Gasteiger partial charge in [-0.3, -0.25) is 4.79 Å². The number of nitrogens with two attached hydrogens (primary N) is 1. The van der Waals surface area contributed by atoms with Crippen LogP contribution in [0.2, 0.25) is 5.02 Å². The van der Waals surface area contributed by atoms with Gasteiger partial charge >= 0.3 is 5.97 Å². The number of hydrogen-bond donors (Lipinski definition) is 2. The molecule has 1 unspecified atom stereocenters. The maximum absolute atomic E-state index is 10.7. The van der Waals surface area contributed by atoms with Crippen molar-refractivity contribution in [2.75, 3.05) is 0 Å². The van der Waals surface area contributed by atoms with Crippen LogP contribution in [0, 0.1) is 0 Å². The fourth-order valence-electron chi connectivity index (χ4n) is 1.10. The molecule has 1 aromatic carbocycles. The zero-order chi connectivity index (χ0) is 10.8. The molecule has 0 aliphatic heterocycles. The van der Waals surface area contributed by atoms with Gasteiger partial charge in [0.2, 0.25) is 0 Å². The summed E-state index contributed by atoms with van der Waals surface area (Å²) in [5.74, 6) is -1.01. The molecular weight excluding hydrogens is 202 g/mol. The van der Waals surface area contributed by atoms with Crippen molar-refractivity contribution in [1.29, 1.82) is 0 Å². The monoisotopic (exact) mass is 213 g/mol. The lowest BCUT2D eigenvalue weighted by Crippen LogP contribution is -2.46. The molecule has 0 saturated heterocycles. The van der Waals surface area contributed by atoms with Crippen molar-refractivity contribution in [3.63, 3.8) is 0 Å². The molecule has 76 valence electrons. The molecule has 0 fully saturated rings. The Labute approximate surface area is 87.5 Å². The molecule has 3 nitrogen and oxygen atoms in total. The molecule has 1 rings (SSSR count). The van der Waals surface area contributed by atoms with Crippen molar-refractivity contribution >= 4 is 17.6 Å². The minimum atomic E-state index is -1.23. The number of carboxylic acid groups (broad SMARTS) is 1. The van der Waals surface area contributed by atoms with Crippen LogP contribution >= 0.6 is 11.6 Å². The highest BCUT2D eigenvalue weighted by atomic mass is 35.5. The lowest BCUT2D eigenvalue weighted by Gasteiger charge is -2.18. The Morgan fingerprint density at radius 2 is 2.00 bits per heavy atom. The first-order valence-electron chi connectivity index (χ1n) is 4.18. The highest BCUT2D eigenvalue weighted by molar-refractivity contribution is 6.30. The Balaban J connectivity index is 2.79. The average molecular weight is 214 g/mol. The predicted molar refractivity (Wildman–Crippen MR) is 55.4 cm³/mol. The minimum Gasteiger partial charge on any atom is -0.480 e. The standard InChI is InChI=1S/C10H12ClNO2/c1-10(12,9(13)14)6-7-2-4-8(11)5-3-7/h2-5H,6,12H2,1H3,(H,13,14). The van der Waals surface area contributed by atoms with E-state index in [-0.39, 0.29) is 0 Å². The summed E-state index contributed by atoms with van der Waals surface area (Å²) in [7, 11) is 0. The Morgan fingerprint density at radius 1 is 1.50 bits per heavy atom. The van der Waals surface area contributed by atoms with Crippen LogP contribution in [-0.2, 0) is 11.2 Å². The van der Waals surface area contributed by atoms with E-state index in [1.165, 1.54) is 6.92 Å². The highest BCUT2D eigenvalue weighted by Crippen LogP contribution is 2.14. The Kier molecular flexibility index (Phi) is 3.13. The zero-order valence-corrected chi connectivity index (χ0v) is 8.58. The van der Waals surface area contributed by atoms with Crippen LogP contribution in [-0.4, -0.2) is 16.6 Å². The lowest BCUT2D eigenvalue weighted by atomic mass is 9.94. The van der Waals surface area contributed by atoms with E-state index in [1.807, 2.05) is 0 Å². The van der Waals surface area contributed by atoms with Crippen molar-refractivity contribution in [3.8, 4) is 0 Å². The molecule has 0 aliphatic carbocycles. The van der Waals surface area contributed by atoms with Gasteiger partial charge in [-0.05, 0) is 24.6 Å². The van der Waals surface area contributed by atoms with Gasteiger partial charge in [0.1, 0.15) is 5.54 Å². The van der Waals surface area contributed by atoms with Gasteiger partial charge in [-0.25, -0.2) is 0 Å². The smallest absolute Gasteiger partial charge is 0.323 e. The Hall–Kier alpha value is -1.06. The maximum atomic E-state index is 10.7. The van der Waals surface area contributed by atoms with Crippen LogP contribution in [0.5, 0.6) is 0 Å². The van der Waals surface area contributed by atoms with Crippen LogP contribution in [0.1, 0.15) is 12.5 Å². The van der Waals surface area contributed by atoms with Gasteiger partial charge in [-0.15, -0.1) is 0 Å². The van der Waals surface area contributed by atoms with Gasteiger partial charge < -0.3 is 10.8 Å². The molecule has 0 saturated carbocycles. The average Bonchev–Trinajstić information content (AvgIpc) is 2.08. The predicted octanol–water partition coefficient (Wildman–Crippen LogP) is 1.68. The Bertz CT molecular complexity index is 332. The molecular formula is C10H12ClNO2. The molecule has 0 radical (unpaired) electrons. The van der Waals surface area contributed by atoms with Gasteiger partial charge in [-0.1, -0.05) is 23.7 Å². The maximum Gasteiger partial charge on any atom is 0.323 e. The minimum absolute atomic E-state index is 0.291. The molecule has 0 aromatic heterocycles. The first-order chi connectivity index (χ1) is 6.42. The van der Waals surface area contributed by atoms with Gasteiger partial charge in [0.05, 0.1) is 0 Å². The number of benzene rings is 1. The lowest BCUT2D eigenvalue weighted by molar-refractivity contribution is -0.142. The second-order valence-corrected chi connectivity index (χ2v) is 3.96. The summed E-state index contributed by atoms with van der Waals surface area (Å²) in [5, 5.41) is 9.43. The zero-order valence-electron chi connectivity index (χ0n) is 7.83. The highest BCUT2D eigenvalue weighted by Gasteiger charge is 2.27. The molecule has 14 heavy (non-hydrogen) atoms. The second kappa shape index (κ2) is 3.98. The summed E-state index contributed by atoms with van der Waals surface area (Å²) in [6.45, 7) is 1.49. The van der Waals surface area contributed by atoms with E-state index in [4.69, 9.17) is 22.4 Å².